The second-order valence-corrected chi connectivity index (χ2v) is 6.58. The molecule has 0 aromatic rings. The van der Waals surface area contributed by atoms with Crippen LogP contribution in [0, 0.1) is 5.92 Å². The number of unbranched alkanes of at least 4 members (excludes halogenated alkanes) is 8. The highest BCUT2D eigenvalue weighted by molar-refractivity contribution is 5.66. The van der Waals surface area contributed by atoms with Crippen molar-refractivity contribution in [3.05, 3.63) is 24.3 Å². The zero-order valence-electron chi connectivity index (χ0n) is 14.1. The molecule has 0 heterocycles. The van der Waals surface area contributed by atoms with Gasteiger partial charge in [-0.2, -0.15) is 0 Å². The summed E-state index contributed by atoms with van der Waals surface area (Å²) in [6, 6.07) is 0. The van der Waals surface area contributed by atoms with Gasteiger partial charge in [0.1, 0.15) is 0 Å². The van der Waals surface area contributed by atoms with Crippen LogP contribution in [0.3, 0.4) is 0 Å². The van der Waals surface area contributed by atoms with Crippen molar-refractivity contribution in [2.75, 3.05) is 0 Å². The fourth-order valence-corrected chi connectivity index (χ4v) is 3.09. The molecule has 0 fully saturated rings. The first-order valence-electron chi connectivity index (χ1n) is 9.32. The second kappa shape index (κ2) is 13.6. The lowest BCUT2D eigenvalue weighted by molar-refractivity contribution is -0.137. The van der Waals surface area contributed by atoms with Gasteiger partial charge in [0.25, 0.3) is 0 Å². The van der Waals surface area contributed by atoms with E-state index in [2.05, 4.69) is 24.3 Å². The van der Waals surface area contributed by atoms with E-state index in [4.69, 9.17) is 5.11 Å². The van der Waals surface area contributed by atoms with E-state index in [0.29, 0.717) is 6.42 Å². The Hall–Kier alpha value is -1.05. The minimum absolute atomic E-state index is 0.330. The van der Waals surface area contributed by atoms with Crippen LogP contribution in [-0.2, 0) is 4.79 Å². The highest BCUT2D eigenvalue weighted by Gasteiger charge is 2.07. The van der Waals surface area contributed by atoms with Crippen LogP contribution in [0.4, 0.5) is 0 Å². The van der Waals surface area contributed by atoms with Crippen LogP contribution in [0.25, 0.3) is 0 Å². The van der Waals surface area contributed by atoms with Crippen LogP contribution in [0.5, 0.6) is 0 Å². The Morgan fingerprint density at radius 1 is 0.955 bits per heavy atom. The number of carboxylic acid groups (broad SMARTS) is 1. The number of hydrogen-bond acceptors (Lipinski definition) is 1. The van der Waals surface area contributed by atoms with Gasteiger partial charge in [0.15, 0.2) is 0 Å². The molecule has 0 radical (unpaired) electrons. The summed E-state index contributed by atoms with van der Waals surface area (Å²) < 4.78 is 0. The lowest BCUT2D eigenvalue weighted by Gasteiger charge is -2.05. The molecule has 1 N–H and O–H groups in total. The minimum Gasteiger partial charge on any atom is -0.481 e. The molecule has 0 saturated carbocycles. The third-order valence-corrected chi connectivity index (χ3v) is 4.49. The van der Waals surface area contributed by atoms with E-state index in [0.717, 1.165) is 18.8 Å². The van der Waals surface area contributed by atoms with Crippen LogP contribution < -0.4 is 0 Å². The van der Waals surface area contributed by atoms with Crippen LogP contribution in [0.1, 0.15) is 89.9 Å². The van der Waals surface area contributed by atoms with Crippen LogP contribution in [0.2, 0.25) is 0 Å². The van der Waals surface area contributed by atoms with Crippen molar-refractivity contribution in [2.45, 2.75) is 89.9 Å². The van der Waals surface area contributed by atoms with Gasteiger partial charge in [-0.15, -0.1) is 0 Å². The summed E-state index contributed by atoms with van der Waals surface area (Å²) in [7, 11) is 0. The minimum atomic E-state index is -0.664. The number of rotatable bonds is 14. The molecule has 0 aromatic carbocycles. The van der Waals surface area contributed by atoms with E-state index in [9.17, 15) is 4.79 Å². The van der Waals surface area contributed by atoms with Crippen molar-refractivity contribution in [1.82, 2.24) is 0 Å². The van der Waals surface area contributed by atoms with E-state index < -0.39 is 5.97 Å². The third-order valence-electron chi connectivity index (χ3n) is 4.49. The smallest absolute Gasteiger partial charge is 0.303 e. The van der Waals surface area contributed by atoms with Gasteiger partial charge < -0.3 is 5.11 Å². The summed E-state index contributed by atoms with van der Waals surface area (Å²) in [5.74, 6) is 0.216. The number of carboxylic acids is 1. The van der Waals surface area contributed by atoms with Crippen molar-refractivity contribution in [2.24, 2.45) is 5.92 Å². The predicted molar refractivity (Wildman–Crippen MR) is 94.0 cm³/mol. The van der Waals surface area contributed by atoms with Crippen molar-refractivity contribution >= 4 is 5.97 Å². The summed E-state index contributed by atoms with van der Waals surface area (Å²) in [5.41, 5.74) is 0. The molecule has 0 bridgehead atoms. The van der Waals surface area contributed by atoms with Crippen LogP contribution >= 0.6 is 0 Å². The molecule has 0 spiro atoms. The normalized spacial score (nSPS) is 17.5. The highest BCUT2D eigenvalue weighted by atomic mass is 16.4. The summed E-state index contributed by atoms with van der Waals surface area (Å²) in [4.78, 5) is 10.4. The van der Waals surface area contributed by atoms with E-state index >= 15 is 0 Å². The van der Waals surface area contributed by atoms with Crippen LogP contribution in [-0.4, -0.2) is 11.1 Å². The van der Waals surface area contributed by atoms with Gasteiger partial charge in [-0.05, 0) is 57.3 Å². The zero-order chi connectivity index (χ0) is 15.9. The zero-order valence-corrected chi connectivity index (χ0v) is 14.1. The summed E-state index contributed by atoms with van der Waals surface area (Å²) in [6.07, 6.45) is 25.9. The van der Waals surface area contributed by atoms with Crippen molar-refractivity contribution in [3.63, 3.8) is 0 Å². The number of aliphatic carboxylic acids is 1. The Balaban J connectivity index is 1.74. The Bertz CT molecular complexity index is 331. The average Bonchev–Trinajstić information content (AvgIpc) is 3.00. The second-order valence-electron chi connectivity index (χ2n) is 6.58. The Morgan fingerprint density at radius 3 is 2.23 bits per heavy atom. The van der Waals surface area contributed by atoms with Gasteiger partial charge >= 0.3 is 5.97 Å². The van der Waals surface area contributed by atoms with E-state index in [1.54, 1.807) is 0 Å². The third kappa shape index (κ3) is 11.6. The number of hydrogen-bond donors (Lipinski definition) is 1. The molecule has 1 aliphatic carbocycles. The lowest BCUT2D eigenvalue weighted by Crippen LogP contribution is -1.93. The summed E-state index contributed by atoms with van der Waals surface area (Å²) in [5, 5.41) is 8.53. The fourth-order valence-electron chi connectivity index (χ4n) is 3.09. The van der Waals surface area contributed by atoms with Gasteiger partial charge in [0.2, 0.25) is 0 Å². The predicted octanol–water partition coefficient (Wildman–Crippen LogP) is 6.27. The lowest BCUT2D eigenvalue weighted by atomic mass is 10.0. The van der Waals surface area contributed by atoms with Gasteiger partial charge in [-0.25, -0.2) is 0 Å². The Labute approximate surface area is 136 Å². The molecule has 0 aromatic heterocycles. The van der Waals surface area contributed by atoms with E-state index in [-0.39, 0.29) is 0 Å². The first-order chi connectivity index (χ1) is 10.8. The first-order valence-corrected chi connectivity index (χ1v) is 9.32. The molecule has 2 nitrogen and oxygen atoms in total. The Morgan fingerprint density at radius 2 is 1.59 bits per heavy atom. The summed E-state index contributed by atoms with van der Waals surface area (Å²) >= 11 is 0. The maximum Gasteiger partial charge on any atom is 0.303 e. The highest BCUT2D eigenvalue weighted by Crippen LogP contribution is 2.22. The van der Waals surface area contributed by atoms with Gasteiger partial charge in [-0.1, -0.05) is 56.4 Å². The van der Waals surface area contributed by atoms with E-state index in [1.807, 2.05) is 0 Å². The molecule has 2 heteroatoms. The first kappa shape index (κ1) is 19.0. The molecule has 0 saturated heterocycles. The molecule has 1 rings (SSSR count). The molecule has 1 unspecified atom stereocenters. The molecule has 1 atom stereocenters. The van der Waals surface area contributed by atoms with Gasteiger partial charge in [0, 0.05) is 6.42 Å². The van der Waals surface area contributed by atoms with Crippen molar-refractivity contribution in [1.29, 1.82) is 0 Å². The quantitative estimate of drug-likeness (QED) is 0.303. The fraction of sp³-hybridized carbons (Fsp3) is 0.750. The summed E-state index contributed by atoms with van der Waals surface area (Å²) in [6.45, 7) is 0. The standard InChI is InChI=1S/C20H34O2/c21-20(22)18-12-10-8-6-4-2-1-3-5-7-9-11-15-19-16-13-14-17-19/h1,3,13,16,19H,2,4-12,14-15,17-18H2,(H,21,22). The molecule has 0 aliphatic heterocycles. The van der Waals surface area contributed by atoms with Crippen LogP contribution in [0.15, 0.2) is 24.3 Å². The largest absolute Gasteiger partial charge is 0.481 e. The molecule has 1 aliphatic rings. The number of allylic oxidation sites excluding steroid dienone is 4. The maximum atomic E-state index is 10.4. The molecule has 126 valence electrons. The Kier molecular flexibility index (Phi) is 11.7. The molecular formula is C20H34O2. The monoisotopic (exact) mass is 306 g/mol. The number of carbonyl (C=O) groups is 1. The van der Waals surface area contributed by atoms with E-state index in [1.165, 1.54) is 70.6 Å². The van der Waals surface area contributed by atoms with Crippen molar-refractivity contribution < 1.29 is 9.90 Å². The van der Waals surface area contributed by atoms with Crippen molar-refractivity contribution in [3.8, 4) is 0 Å². The topological polar surface area (TPSA) is 37.3 Å². The molecular weight excluding hydrogens is 272 g/mol. The molecule has 22 heavy (non-hydrogen) atoms. The molecule has 0 amide bonds. The average molecular weight is 306 g/mol. The van der Waals surface area contributed by atoms with Gasteiger partial charge in [-0.3, -0.25) is 4.79 Å². The SMILES string of the molecule is O=C(O)CCCCCCCC=CCCCCCC1C=CCC1. The maximum absolute atomic E-state index is 10.4. The van der Waals surface area contributed by atoms with Gasteiger partial charge in [0.05, 0.1) is 0 Å².